The summed E-state index contributed by atoms with van der Waals surface area (Å²) in [7, 11) is 1.62. The Morgan fingerprint density at radius 2 is 1.97 bits per heavy atom. The van der Waals surface area contributed by atoms with Crippen LogP contribution in [-0.4, -0.2) is 38.5 Å². The minimum absolute atomic E-state index is 0.320. The number of hydrogen-bond acceptors (Lipinski definition) is 6. The minimum atomic E-state index is -0.745. The Kier molecular flexibility index (Phi) is 5.23. The lowest BCUT2D eigenvalue weighted by molar-refractivity contribution is -0.112. The number of nitrogens with one attached hydrogen (secondary N) is 2. The van der Waals surface area contributed by atoms with E-state index in [0.29, 0.717) is 27.6 Å². The second-order valence-electron chi connectivity index (χ2n) is 7.36. The number of carbonyl (C=O) groups is 2. The molecule has 3 aromatic heterocycles. The lowest BCUT2D eigenvalue weighted by Gasteiger charge is -2.06. The summed E-state index contributed by atoms with van der Waals surface area (Å²) in [5.41, 5.74) is 3.46. The third-order valence-corrected chi connectivity index (χ3v) is 5.97. The van der Waals surface area contributed by atoms with Crippen molar-refractivity contribution in [2.45, 2.75) is 6.92 Å². The van der Waals surface area contributed by atoms with E-state index in [2.05, 4.69) is 20.4 Å². The Morgan fingerprint density at radius 3 is 2.82 bits per heavy atom. The molecule has 164 valence electrons. The Morgan fingerprint density at radius 1 is 1.12 bits per heavy atom. The molecular weight excluding hydrogens is 438 g/mol. The standard InChI is InChI=1S/C24H19N5O3S/c1-14-10-21(27-23(31)22(30)18-12-25-19-9-4-3-8-17(18)19)29(28-14)24-26-20(13-33-24)15-6-5-7-16(11-15)32-2/h3-13,25H,1-2H3,(H,27,31). The van der Waals surface area contributed by atoms with Gasteiger partial charge in [-0.3, -0.25) is 9.59 Å². The first-order chi connectivity index (χ1) is 16.0. The number of benzene rings is 2. The number of rotatable bonds is 6. The fourth-order valence-electron chi connectivity index (χ4n) is 3.57. The van der Waals surface area contributed by atoms with Gasteiger partial charge in [0, 0.05) is 34.1 Å². The lowest BCUT2D eigenvalue weighted by Crippen LogP contribution is -2.24. The molecule has 0 saturated carbocycles. The smallest absolute Gasteiger partial charge is 0.298 e. The summed E-state index contributed by atoms with van der Waals surface area (Å²) in [6, 6.07) is 16.6. The largest absolute Gasteiger partial charge is 0.497 e. The van der Waals surface area contributed by atoms with E-state index in [-0.39, 0.29) is 0 Å². The molecule has 9 heteroatoms. The van der Waals surface area contributed by atoms with Gasteiger partial charge in [0.1, 0.15) is 11.6 Å². The van der Waals surface area contributed by atoms with Crippen molar-refractivity contribution in [3.8, 4) is 22.1 Å². The third-order valence-electron chi connectivity index (χ3n) is 5.15. The van der Waals surface area contributed by atoms with Crippen LogP contribution in [0, 0.1) is 6.92 Å². The van der Waals surface area contributed by atoms with Crippen molar-refractivity contribution in [1.82, 2.24) is 19.7 Å². The number of H-pyrrole nitrogens is 1. The molecular formula is C24H19N5O3S. The highest BCUT2D eigenvalue weighted by molar-refractivity contribution is 7.12. The van der Waals surface area contributed by atoms with Gasteiger partial charge in [0.2, 0.25) is 5.13 Å². The van der Waals surface area contributed by atoms with Crippen LogP contribution in [0.1, 0.15) is 16.1 Å². The number of methoxy groups -OCH3 is 1. The fourth-order valence-corrected chi connectivity index (χ4v) is 4.36. The maximum Gasteiger partial charge on any atom is 0.298 e. The Bertz CT molecular complexity index is 1500. The maximum atomic E-state index is 12.8. The SMILES string of the molecule is COc1cccc(-c2csc(-n3nc(C)cc3NC(=O)C(=O)c3c[nH]c4ccccc34)n2)c1. The molecule has 33 heavy (non-hydrogen) atoms. The van der Waals surface area contributed by atoms with Gasteiger partial charge in [0.15, 0.2) is 0 Å². The number of nitrogens with zero attached hydrogens (tertiary/aromatic N) is 3. The van der Waals surface area contributed by atoms with Gasteiger partial charge in [0.05, 0.1) is 24.1 Å². The number of carbonyl (C=O) groups excluding carboxylic acids is 2. The summed E-state index contributed by atoms with van der Waals surface area (Å²) in [6.07, 6.45) is 1.55. The van der Waals surface area contributed by atoms with Crippen molar-refractivity contribution < 1.29 is 14.3 Å². The summed E-state index contributed by atoms with van der Waals surface area (Å²) in [6.45, 7) is 1.81. The van der Waals surface area contributed by atoms with Gasteiger partial charge in [-0.05, 0) is 25.1 Å². The number of para-hydroxylation sites is 1. The number of fused-ring (bicyclic) bond motifs is 1. The van der Waals surface area contributed by atoms with Crippen LogP contribution in [0.3, 0.4) is 0 Å². The summed E-state index contributed by atoms with van der Waals surface area (Å²) in [4.78, 5) is 33.3. The first kappa shape index (κ1) is 20.7. The zero-order chi connectivity index (χ0) is 22.9. The molecule has 0 bridgehead atoms. The summed E-state index contributed by atoms with van der Waals surface area (Å²) >= 11 is 1.38. The summed E-state index contributed by atoms with van der Waals surface area (Å²) in [5.74, 6) is -0.266. The molecule has 3 heterocycles. The van der Waals surface area contributed by atoms with Crippen LogP contribution in [0.4, 0.5) is 5.82 Å². The van der Waals surface area contributed by atoms with Crippen molar-refractivity contribution >= 4 is 39.7 Å². The van der Waals surface area contributed by atoms with Crippen LogP contribution in [0.25, 0.3) is 27.3 Å². The number of ketones is 1. The minimum Gasteiger partial charge on any atom is -0.497 e. The molecule has 0 aliphatic rings. The van der Waals surface area contributed by atoms with Crippen molar-refractivity contribution in [3.63, 3.8) is 0 Å². The Hall–Kier alpha value is -4.24. The molecule has 0 radical (unpaired) electrons. The van der Waals surface area contributed by atoms with Crippen molar-refractivity contribution in [1.29, 1.82) is 0 Å². The lowest BCUT2D eigenvalue weighted by atomic mass is 10.1. The zero-order valence-electron chi connectivity index (χ0n) is 17.8. The molecule has 5 aromatic rings. The van der Waals surface area contributed by atoms with Crippen LogP contribution in [0.15, 0.2) is 66.2 Å². The molecule has 0 aliphatic heterocycles. The highest BCUT2D eigenvalue weighted by Gasteiger charge is 2.22. The monoisotopic (exact) mass is 457 g/mol. The average Bonchev–Trinajstić information content (AvgIpc) is 3.57. The number of hydrogen-bond donors (Lipinski definition) is 2. The number of thiazole rings is 1. The maximum absolute atomic E-state index is 12.8. The summed E-state index contributed by atoms with van der Waals surface area (Å²) < 4.78 is 6.82. The summed E-state index contributed by atoms with van der Waals surface area (Å²) in [5, 5.41) is 10.3. The van der Waals surface area contributed by atoms with Gasteiger partial charge >= 0.3 is 0 Å². The number of aromatic amines is 1. The molecule has 0 fully saturated rings. The van der Waals surface area contributed by atoms with Gasteiger partial charge in [-0.1, -0.05) is 30.3 Å². The molecule has 0 aliphatic carbocycles. The van der Waals surface area contributed by atoms with Gasteiger partial charge < -0.3 is 15.0 Å². The fraction of sp³-hybridized carbons (Fsp3) is 0.0833. The van der Waals surface area contributed by atoms with Crippen LogP contribution in [0.2, 0.25) is 0 Å². The van der Waals surface area contributed by atoms with Crippen molar-refractivity contribution in [2.75, 3.05) is 12.4 Å². The van der Waals surface area contributed by atoms with Gasteiger partial charge in [-0.2, -0.15) is 9.78 Å². The van der Waals surface area contributed by atoms with Crippen LogP contribution < -0.4 is 10.1 Å². The predicted octanol–water partition coefficient (Wildman–Crippen LogP) is 4.62. The number of aryl methyl sites for hydroxylation is 1. The van der Waals surface area contributed by atoms with Gasteiger partial charge in [-0.15, -0.1) is 11.3 Å². The predicted molar refractivity (Wildman–Crippen MR) is 127 cm³/mol. The van der Waals surface area contributed by atoms with E-state index in [1.165, 1.54) is 16.0 Å². The van der Waals surface area contributed by atoms with E-state index in [9.17, 15) is 9.59 Å². The van der Waals surface area contributed by atoms with E-state index in [4.69, 9.17) is 4.74 Å². The van der Waals surface area contributed by atoms with Gasteiger partial charge in [0.25, 0.3) is 11.7 Å². The average molecular weight is 458 g/mol. The molecule has 5 rings (SSSR count). The molecule has 0 unspecified atom stereocenters. The molecule has 2 aromatic carbocycles. The molecule has 8 nitrogen and oxygen atoms in total. The topological polar surface area (TPSA) is 102 Å². The number of aromatic nitrogens is 4. The zero-order valence-corrected chi connectivity index (χ0v) is 18.6. The Labute approximate surface area is 192 Å². The number of Topliss-reactive ketones (excluding diaryl/α,β-unsaturated/α-hetero) is 1. The third kappa shape index (κ3) is 3.90. The molecule has 0 spiro atoms. The van der Waals surface area contributed by atoms with Crippen LogP contribution >= 0.6 is 11.3 Å². The van der Waals surface area contributed by atoms with E-state index in [0.717, 1.165) is 22.5 Å². The highest BCUT2D eigenvalue weighted by Crippen LogP contribution is 2.28. The second kappa shape index (κ2) is 8.36. The van der Waals surface area contributed by atoms with Crippen molar-refractivity contribution in [2.24, 2.45) is 0 Å². The van der Waals surface area contributed by atoms with E-state index < -0.39 is 11.7 Å². The van der Waals surface area contributed by atoms with Gasteiger partial charge in [-0.25, -0.2) is 4.98 Å². The molecule has 0 atom stereocenters. The molecule has 2 N–H and O–H groups in total. The molecule has 1 amide bonds. The highest BCUT2D eigenvalue weighted by atomic mass is 32.1. The quantitative estimate of drug-likeness (QED) is 0.286. The van der Waals surface area contributed by atoms with Crippen molar-refractivity contribution in [3.05, 3.63) is 77.4 Å². The first-order valence-corrected chi connectivity index (χ1v) is 11.0. The first-order valence-electron chi connectivity index (χ1n) is 10.1. The molecule has 0 saturated heterocycles. The normalized spacial score (nSPS) is 11.0. The number of anilines is 1. The number of amides is 1. The van der Waals surface area contributed by atoms with Crippen LogP contribution in [0.5, 0.6) is 5.75 Å². The Balaban J connectivity index is 1.42. The number of ether oxygens (including phenoxy) is 1. The second-order valence-corrected chi connectivity index (χ2v) is 8.20. The van der Waals surface area contributed by atoms with E-state index >= 15 is 0 Å². The van der Waals surface area contributed by atoms with E-state index in [1.54, 1.807) is 25.4 Å². The van der Waals surface area contributed by atoms with Crippen LogP contribution in [-0.2, 0) is 4.79 Å². The van der Waals surface area contributed by atoms with E-state index in [1.807, 2.05) is 54.8 Å².